The van der Waals surface area contributed by atoms with E-state index in [0.29, 0.717) is 34.3 Å². The van der Waals surface area contributed by atoms with Gasteiger partial charge < -0.3 is 5.11 Å². The number of benzene rings is 1. The van der Waals surface area contributed by atoms with Gasteiger partial charge in [0.05, 0.1) is 5.69 Å². The van der Waals surface area contributed by atoms with Crippen molar-refractivity contribution >= 4 is 11.8 Å². The molecule has 2 aromatic rings. The molecule has 0 fully saturated rings. The van der Waals surface area contributed by atoms with Crippen LogP contribution in [0.4, 0.5) is 13.2 Å². The van der Waals surface area contributed by atoms with Crippen molar-refractivity contribution in [3.05, 3.63) is 41.4 Å². The minimum absolute atomic E-state index is 0.00621. The third-order valence-electron chi connectivity index (χ3n) is 3.30. The molecular weight excluding hydrogens is 325 g/mol. The SMILES string of the molecule is CC(C)c1nc(CCCO)n(CF)c1Sc1cc(F)cc(F)c1. The zero-order valence-electron chi connectivity index (χ0n) is 13.0. The number of hydrogen-bond acceptors (Lipinski definition) is 3. The monoisotopic (exact) mass is 344 g/mol. The van der Waals surface area contributed by atoms with Gasteiger partial charge in [-0.2, -0.15) is 0 Å². The summed E-state index contributed by atoms with van der Waals surface area (Å²) in [7, 11) is 0. The standard InChI is InChI=1S/C16H19F3N2OS/c1-10(2)15-16(21(9-17)14(20-15)4-3-5-22)23-13-7-11(18)6-12(19)8-13/h6-8,10,22H,3-5,9H2,1-2H3. The highest BCUT2D eigenvalue weighted by Crippen LogP contribution is 2.35. The highest BCUT2D eigenvalue weighted by Gasteiger charge is 2.20. The summed E-state index contributed by atoms with van der Waals surface area (Å²) < 4.78 is 41.6. The topological polar surface area (TPSA) is 38.1 Å². The summed E-state index contributed by atoms with van der Waals surface area (Å²) in [6, 6.07) is 3.22. The van der Waals surface area contributed by atoms with E-state index in [9.17, 15) is 13.2 Å². The van der Waals surface area contributed by atoms with E-state index < -0.39 is 18.4 Å². The first-order chi connectivity index (χ1) is 11.0. The predicted molar refractivity (Wildman–Crippen MR) is 83.3 cm³/mol. The van der Waals surface area contributed by atoms with E-state index in [1.54, 1.807) is 0 Å². The number of aromatic nitrogens is 2. The lowest BCUT2D eigenvalue weighted by Crippen LogP contribution is -2.03. The second-order valence-corrected chi connectivity index (χ2v) is 6.52. The predicted octanol–water partition coefficient (Wildman–Crippen LogP) is 4.29. The molecule has 0 unspecified atom stereocenters. The quantitative estimate of drug-likeness (QED) is 0.814. The van der Waals surface area contributed by atoms with Gasteiger partial charge >= 0.3 is 0 Å². The fourth-order valence-corrected chi connectivity index (χ4v) is 3.45. The van der Waals surface area contributed by atoms with Crippen molar-refractivity contribution in [3.8, 4) is 0 Å². The number of alkyl halides is 1. The van der Waals surface area contributed by atoms with Gasteiger partial charge in [0, 0.05) is 24.0 Å². The molecular formula is C16H19F3N2OS. The van der Waals surface area contributed by atoms with Gasteiger partial charge in [-0.25, -0.2) is 18.2 Å². The number of hydrogen-bond donors (Lipinski definition) is 1. The van der Waals surface area contributed by atoms with E-state index in [4.69, 9.17) is 5.11 Å². The Labute approximate surface area is 137 Å². The molecule has 0 saturated heterocycles. The van der Waals surface area contributed by atoms with Crippen LogP contribution in [0.15, 0.2) is 28.1 Å². The fourth-order valence-electron chi connectivity index (χ4n) is 2.24. The summed E-state index contributed by atoms with van der Waals surface area (Å²) in [5, 5.41) is 9.50. The zero-order valence-corrected chi connectivity index (χ0v) is 13.8. The number of nitrogens with zero attached hydrogens (tertiary/aromatic N) is 2. The molecule has 3 nitrogen and oxygen atoms in total. The van der Waals surface area contributed by atoms with Crippen molar-refractivity contribution in [2.24, 2.45) is 0 Å². The van der Waals surface area contributed by atoms with Crippen molar-refractivity contribution in [3.63, 3.8) is 0 Å². The minimum Gasteiger partial charge on any atom is -0.396 e. The molecule has 0 aliphatic rings. The molecule has 0 amide bonds. The second kappa shape index (κ2) is 7.88. The van der Waals surface area contributed by atoms with Crippen LogP contribution < -0.4 is 0 Å². The lowest BCUT2D eigenvalue weighted by atomic mass is 10.1. The minimum atomic E-state index is -0.777. The van der Waals surface area contributed by atoms with Gasteiger partial charge in [-0.05, 0) is 24.5 Å². The molecule has 1 aromatic carbocycles. The van der Waals surface area contributed by atoms with E-state index in [2.05, 4.69) is 4.98 Å². The molecule has 7 heteroatoms. The largest absolute Gasteiger partial charge is 0.396 e. The van der Waals surface area contributed by atoms with Gasteiger partial charge in [-0.1, -0.05) is 25.6 Å². The van der Waals surface area contributed by atoms with E-state index in [1.165, 1.54) is 16.7 Å². The van der Waals surface area contributed by atoms with Crippen LogP contribution in [-0.4, -0.2) is 21.3 Å². The van der Waals surface area contributed by atoms with Gasteiger partial charge in [0.1, 0.15) is 22.5 Å². The number of aliphatic hydroxyl groups excluding tert-OH is 1. The summed E-state index contributed by atoms with van der Waals surface area (Å²) in [5.41, 5.74) is 0.685. The molecule has 23 heavy (non-hydrogen) atoms. The maximum absolute atomic E-state index is 13.5. The molecule has 1 aromatic heterocycles. The maximum Gasteiger partial charge on any atom is 0.167 e. The first-order valence-electron chi connectivity index (χ1n) is 7.36. The highest BCUT2D eigenvalue weighted by molar-refractivity contribution is 7.99. The third-order valence-corrected chi connectivity index (χ3v) is 4.40. The van der Waals surface area contributed by atoms with Gasteiger partial charge in [0.2, 0.25) is 0 Å². The number of imidazole rings is 1. The molecule has 1 heterocycles. The van der Waals surface area contributed by atoms with Crippen LogP contribution in [0.2, 0.25) is 0 Å². The first-order valence-corrected chi connectivity index (χ1v) is 8.18. The van der Waals surface area contributed by atoms with Gasteiger partial charge in [-0.3, -0.25) is 4.57 Å². The van der Waals surface area contributed by atoms with Crippen LogP contribution in [0.5, 0.6) is 0 Å². The van der Waals surface area contributed by atoms with Crippen LogP contribution in [0.1, 0.15) is 37.7 Å². The molecule has 0 aliphatic heterocycles. The van der Waals surface area contributed by atoms with Gasteiger partial charge in [-0.15, -0.1) is 0 Å². The van der Waals surface area contributed by atoms with E-state index in [-0.39, 0.29) is 12.5 Å². The summed E-state index contributed by atoms with van der Waals surface area (Å²) in [6.45, 7) is 3.07. The average Bonchev–Trinajstić information content (AvgIpc) is 2.81. The van der Waals surface area contributed by atoms with Crippen LogP contribution in [0, 0.1) is 11.6 Å². The number of rotatable bonds is 7. The smallest absolute Gasteiger partial charge is 0.167 e. The number of aryl methyl sites for hydroxylation is 1. The normalized spacial score (nSPS) is 11.4. The van der Waals surface area contributed by atoms with E-state index >= 15 is 0 Å². The molecule has 0 radical (unpaired) electrons. The van der Waals surface area contributed by atoms with E-state index in [1.807, 2.05) is 13.8 Å². The number of halogens is 3. The number of aliphatic hydroxyl groups is 1. The zero-order chi connectivity index (χ0) is 17.0. The Balaban J connectivity index is 2.43. The van der Waals surface area contributed by atoms with Gasteiger partial charge in [0.25, 0.3) is 0 Å². The Kier molecular flexibility index (Phi) is 6.12. The van der Waals surface area contributed by atoms with Crippen LogP contribution in [-0.2, 0) is 13.2 Å². The summed E-state index contributed by atoms with van der Waals surface area (Å²) >= 11 is 1.09. The first kappa shape index (κ1) is 17.9. The van der Waals surface area contributed by atoms with Crippen molar-refractivity contribution < 1.29 is 18.3 Å². The molecule has 0 spiro atoms. The molecule has 126 valence electrons. The van der Waals surface area contributed by atoms with Crippen molar-refractivity contribution in [2.75, 3.05) is 6.61 Å². The van der Waals surface area contributed by atoms with E-state index in [0.717, 1.165) is 17.8 Å². The Morgan fingerprint density at radius 1 is 1.22 bits per heavy atom. The van der Waals surface area contributed by atoms with Gasteiger partial charge in [0.15, 0.2) is 6.80 Å². The fraction of sp³-hybridized carbons (Fsp3) is 0.438. The Bertz CT molecular complexity index is 653. The molecule has 1 N–H and O–H groups in total. The van der Waals surface area contributed by atoms with Crippen LogP contribution in [0.25, 0.3) is 0 Å². The Hall–Kier alpha value is -1.47. The molecule has 2 rings (SSSR count). The molecule has 0 bridgehead atoms. The van der Waals surface area contributed by atoms with Crippen molar-refractivity contribution in [1.29, 1.82) is 0 Å². The van der Waals surface area contributed by atoms with Crippen molar-refractivity contribution in [1.82, 2.24) is 9.55 Å². The maximum atomic E-state index is 13.5. The lowest BCUT2D eigenvalue weighted by Gasteiger charge is -2.10. The third kappa shape index (κ3) is 4.29. The van der Waals surface area contributed by atoms with Crippen LogP contribution >= 0.6 is 11.8 Å². The second-order valence-electron chi connectivity index (χ2n) is 5.46. The summed E-state index contributed by atoms with van der Waals surface area (Å²) in [5.74, 6) is -0.781. The van der Waals surface area contributed by atoms with Crippen LogP contribution in [0.3, 0.4) is 0 Å². The molecule has 0 saturated carbocycles. The molecule has 0 aliphatic carbocycles. The highest BCUT2D eigenvalue weighted by atomic mass is 32.2. The summed E-state index contributed by atoms with van der Waals surface area (Å²) in [4.78, 5) is 4.82. The Morgan fingerprint density at radius 2 is 1.87 bits per heavy atom. The Morgan fingerprint density at radius 3 is 2.39 bits per heavy atom. The summed E-state index contributed by atoms with van der Waals surface area (Å²) in [6.07, 6.45) is 0.922. The average molecular weight is 344 g/mol. The molecule has 0 atom stereocenters. The van der Waals surface area contributed by atoms with Crippen molar-refractivity contribution in [2.45, 2.75) is 49.3 Å². The lowest BCUT2D eigenvalue weighted by molar-refractivity contribution is 0.283.